The van der Waals surface area contributed by atoms with Gasteiger partial charge in [0.2, 0.25) is 0 Å². The molecule has 0 saturated heterocycles. The summed E-state index contributed by atoms with van der Waals surface area (Å²) < 4.78 is 16.0. The molecule has 2 N–H and O–H groups in total. The number of benzene rings is 2. The zero-order valence-corrected chi connectivity index (χ0v) is 17.4. The van der Waals surface area contributed by atoms with Crippen LogP contribution in [0.25, 0.3) is 11.0 Å². The largest absolute Gasteiger partial charge is 0.496 e. The molecule has 3 rings (SSSR count). The Morgan fingerprint density at radius 2 is 1.93 bits per heavy atom. The van der Waals surface area contributed by atoms with Gasteiger partial charge in [0.25, 0.3) is 0 Å². The number of methoxy groups -OCH3 is 1. The number of nitrogens with two attached hydrogens (primary N) is 1. The molecule has 0 fully saturated rings. The molecule has 0 bridgehead atoms. The van der Waals surface area contributed by atoms with Crippen LogP contribution >= 0.6 is 11.6 Å². The van der Waals surface area contributed by atoms with Gasteiger partial charge < -0.3 is 19.6 Å². The smallest absolute Gasteiger partial charge is 0.342 e. The molecule has 0 unspecified atom stereocenters. The zero-order chi connectivity index (χ0) is 21.3. The van der Waals surface area contributed by atoms with Gasteiger partial charge in [-0.15, -0.1) is 0 Å². The molecule has 152 valence electrons. The van der Waals surface area contributed by atoms with Gasteiger partial charge in [-0.3, -0.25) is 0 Å². The van der Waals surface area contributed by atoms with Crippen LogP contribution in [0.3, 0.4) is 0 Å². The van der Waals surface area contributed by atoms with Crippen molar-refractivity contribution < 1.29 is 18.7 Å². The van der Waals surface area contributed by atoms with Crippen molar-refractivity contribution in [2.45, 2.75) is 33.3 Å². The van der Waals surface area contributed by atoms with Crippen LogP contribution in [0.1, 0.15) is 46.8 Å². The van der Waals surface area contributed by atoms with Gasteiger partial charge in [-0.05, 0) is 42.2 Å². The summed E-state index contributed by atoms with van der Waals surface area (Å²) in [5.41, 5.74) is 8.87. The zero-order valence-electron chi connectivity index (χ0n) is 16.7. The minimum atomic E-state index is -0.638. The minimum absolute atomic E-state index is 0.104. The van der Waals surface area contributed by atoms with Crippen molar-refractivity contribution in [3.63, 3.8) is 0 Å². The Kier molecular flexibility index (Phi) is 5.84. The van der Waals surface area contributed by atoms with Crippen molar-refractivity contribution in [3.8, 4) is 5.75 Å². The molecule has 0 aliphatic rings. The molecule has 0 aliphatic carbocycles. The molecule has 29 heavy (non-hydrogen) atoms. The summed E-state index contributed by atoms with van der Waals surface area (Å²) in [5.74, 6) is -0.0868. The van der Waals surface area contributed by atoms with E-state index in [4.69, 9.17) is 31.2 Å². The maximum Gasteiger partial charge on any atom is 0.342 e. The van der Waals surface area contributed by atoms with E-state index in [0.717, 1.165) is 16.5 Å². The van der Waals surface area contributed by atoms with E-state index in [9.17, 15) is 9.59 Å². The van der Waals surface area contributed by atoms with Crippen LogP contribution in [0.5, 0.6) is 5.75 Å². The number of aryl methyl sites for hydroxylation is 1. The fraction of sp³-hybridized carbons (Fsp3) is 0.273. The highest BCUT2D eigenvalue weighted by atomic mass is 35.5. The van der Waals surface area contributed by atoms with Crippen LogP contribution in [0.2, 0.25) is 5.02 Å². The van der Waals surface area contributed by atoms with Crippen LogP contribution in [0.15, 0.2) is 39.5 Å². The number of hydrogen-bond acceptors (Lipinski definition) is 6. The van der Waals surface area contributed by atoms with E-state index in [0.29, 0.717) is 22.8 Å². The van der Waals surface area contributed by atoms with E-state index in [1.165, 1.54) is 25.3 Å². The first-order valence-corrected chi connectivity index (χ1v) is 9.46. The van der Waals surface area contributed by atoms with Gasteiger partial charge in [-0.1, -0.05) is 25.4 Å². The summed E-state index contributed by atoms with van der Waals surface area (Å²) >= 11 is 6.02. The Morgan fingerprint density at radius 1 is 1.21 bits per heavy atom. The lowest BCUT2D eigenvalue weighted by Gasteiger charge is -2.14. The lowest BCUT2D eigenvalue weighted by atomic mass is 9.95. The third kappa shape index (κ3) is 4.22. The predicted octanol–water partition coefficient (Wildman–Crippen LogP) is 4.83. The monoisotopic (exact) mass is 415 g/mol. The van der Waals surface area contributed by atoms with E-state index >= 15 is 0 Å². The van der Waals surface area contributed by atoms with Crippen molar-refractivity contribution in [2.75, 3.05) is 12.8 Å². The number of carbonyl (C=O) groups is 1. The van der Waals surface area contributed by atoms with Crippen molar-refractivity contribution in [1.29, 1.82) is 0 Å². The van der Waals surface area contributed by atoms with E-state index in [1.807, 2.05) is 19.1 Å². The number of esters is 1. The molecule has 2 aromatic carbocycles. The second kappa shape index (κ2) is 8.17. The van der Waals surface area contributed by atoms with Gasteiger partial charge in [0.15, 0.2) is 0 Å². The summed E-state index contributed by atoms with van der Waals surface area (Å²) in [6.07, 6.45) is 0. The summed E-state index contributed by atoms with van der Waals surface area (Å²) in [6.45, 7) is 6.04. The van der Waals surface area contributed by atoms with Crippen LogP contribution < -0.4 is 16.1 Å². The maximum atomic E-state index is 12.6. The highest BCUT2D eigenvalue weighted by molar-refractivity contribution is 6.33. The van der Waals surface area contributed by atoms with E-state index in [2.05, 4.69) is 13.8 Å². The Bertz CT molecular complexity index is 1150. The minimum Gasteiger partial charge on any atom is -0.496 e. The molecule has 7 heteroatoms. The number of carbonyl (C=O) groups excluding carboxylic acids is 1. The Balaban J connectivity index is 1.97. The summed E-state index contributed by atoms with van der Waals surface area (Å²) in [4.78, 5) is 24.6. The molecule has 0 spiro atoms. The molecule has 1 heterocycles. The topological polar surface area (TPSA) is 91.8 Å². The Hall–Kier alpha value is -2.99. The number of anilines is 1. The van der Waals surface area contributed by atoms with E-state index < -0.39 is 11.6 Å². The Labute approximate surface area is 173 Å². The first-order chi connectivity index (χ1) is 13.7. The van der Waals surface area contributed by atoms with Crippen LogP contribution in [-0.2, 0) is 11.3 Å². The molecule has 0 atom stereocenters. The SMILES string of the molecule is COc1cc(N)c(Cl)cc1C(=O)OCc1cc(=O)oc2cc(C)c(C(C)C)cc12. The summed E-state index contributed by atoms with van der Waals surface area (Å²) in [6, 6.07) is 8.00. The quantitative estimate of drug-likeness (QED) is 0.364. The lowest BCUT2D eigenvalue weighted by Crippen LogP contribution is -2.10. The molecule has 0 saturated carbocycles. The average molecular weight is 416 g/mol. The van der Waals surface area contributed by atoms with Gasteiger partial charge in [-0.2, -0.15) is 0 Å². The molecule has 1 aromatic heterocycles. The molecule has 0 aliphatic heterocycles. The third-order valence-corrected chi connectivity index (χ3v) is 5.06. The van der Waals surface area contributed by atoms with Crippen molar-refractivity contribution >= 4 is 34.2 Å². The standard InChI is InChI=1S/C22H22ClNO5/c1-11(2)14-7-15-13(6-21(25)29-20(15)5-12(14)3)10-28-22(26)16-8-17(23)18(24)9-19(16)27-4/h5-9,11H,10,24H2,1-4H3. The van der Waals surface area contributed by atoms with Crippen LogP contribution in [-0.4, -0.2) is 13.1 Å². The fourth-order valence-electron chi connectivity index (χ4n) is 3.25. The van der Waals surface area contributed by atoms with Gasteiger partial charge in [0.1, 0.15) is 23.5 Å². The van der Waals surface area contributed by atoms with Crippen molar-refractivity contribution in [1.82, 2.24) is 0 Å². The molecular formula is C22H22ClNO5. The number of hydrogen-bond donors (Lipinski definition) is 1. The molecule has 6 nitrogen and oxygen atoms in total. The predicted molar refractivity (Wildman–Crippen MR) is 113 cm³/mol. The summed E-state index contributed by atoms with van der Waals surface area (Å²) in [7, 11) is 1.42. The highest BCUT2D eigenvalue weighted by Crippen LogP contribution is 2.30. The molecule has 3 aromatic rings. The fourth-order valence-corrected chi connectivity index (χ4v) is 3.42. The number of nitrogen functional groups attached to an aromatic ring is 1. The number of rotatable bonds is 5. The molecule has 0 radical (unpaired) electrons. The number of fused-ring (bicyclic) bond motifs is 1. The Morgan fingerprint density at radius 3 is 2.59 bits per heavy atom. The highest BCUT2D eigenvalue weighted by Gasteiger charge is 2.18. The number of halogens is 1. The second-order valence-corrected chi connectivity index (χ2v) is 7.51. The van der Waals surface area contributed by atoms with Gasteiger partial charge in [-0.25, -0.2) is 9.59 Å². The second-order valence-electron chi connectivity index (χ2n) is 7.10. The van der Waals surface area contributed by atoms with E-state index in [-0.39, 0.29) is 22.9 Å². The molecular weight excluding hydrogens is 394 g/mol. The first kappa shape index (κ1) is 20.7. The lowest BCUT2D eigenvalue weighted by molar-refractivity contribution is 0.0470. The van der Waals surface area contributed by atoms with Crippen LogP contribution in [0, 0.1) is 6.92 Å². The van der Waals surface area contributed by atoms with Gasteiger partial charge in [0.05, 0.1) is 17.8 Å². The van der Waals surface area contributed by atoms with Crippen molar-refractivity contribution in [3.05, 3.63) is 68.0 Å². The maximum absolute atomic E-state index is 12.6. The summed E-state index contributed by atoms with van der Waals surface area (Å²) in [5, 5.41) is 0.953. The average Bonchev–Trinajstić information content (AvgIpc) is 2.66. The van der Waals surface area contributed by atoms with Crippen molar-refractivity contribution in [2.24, 2.45) is 0 Å². The van der Waals surface area contributed by atoms with Gasteiger partial charge >= 0.3 is 11.6 Å². The third-order valence-electron chi connectivity index (χ3n) is 4.74. The first-order valence-electron chi connectivity index (χ1n) is 9.08. The normalized spacial score (nSPS) is 11.1. The van der Waals surface area contributed by atoms with Crippen LogP contribution in [0.4, 0.5) is 5.69 Å². The van der Waals surface area contributed by atoms with E-state index in [1.54, 1.807) is 0 Å². The number of ether oxygens (including phenoxy) is 2. The molecule has 0 amide bonds. The van der Waals surface area contributed by atoms with Gasteiger partial charge in [0, 0.05) is 23.1 Å².